The normalized spacial score (nSPS) is 19.4. The average molecular weight is 250 g/mol. The summed E-state index contributed by atoms with van der Waals surface area (Å²) in [6.07, 6.45) is -0.734. The van der Waals surface area contributed by atoms with E-state index in [-0.39, 0.29) is 24.6 Å². The summed E-state index contributed by atoms with van der Waals surface area (Å²) in [5, 5.41) is 20.6. The molecule has 0 radical (unpaired) electrons. The Balaban J connectivity index is 2.56. The highest BCUT2D eigenvalue weighted by Gasteiger charge is 2.34. The quantitative estimate of drug-likeness (QED) is 0.633. The number of aliphatic hydroxyl groups excluding tert-OH is 1. The van der Waals surface area contributed by atoms with Crippen molar-refractivity contribution in [2.45, 2.75) is 26.4 Å². The van der Waals surface area contributed by atoms with Crippen LogP contribution in [0.3, 0.4) is 0 Å². The number of nitro benzene ring substituents is 1. The van der Waals surface area contributed by atoms with Crippen LogP contribution in [0.5, 0.6) is 0 Å². The van der Waals surface area contributed by atoms with Gasteiger partial charge in [-0.05, 0) is 25.0 Å². The molecule has 1 N–H and O–H groups in total. The van der Waals surface area contributed by atoms with E-state index in [1.807, 2.05) is 0 Å². The predicted molar refractivity (Wildman–Crippen MR) is 65.5 cm³/mol. The summed E-state index contributed by atoms with van der Waals surface area (Å²) < 4.78 is 0. The highest BCUT2D eigenvalue weighted by molar-refractivity contribution is 5.99. The first-order valence-electron chi connectivity index (χ1n) is 5.64. The molecule has 0 spiro atoms. The number of hydrogen-bond donors (Lipinski definition) is 1. The van der Waals surface area contributed by atoms with Crippen molar-refractivity contribution < 1.29 is 14.8 Å². The van der Waals surface area contributed by atoms with Crippen LogP contribution in [0.1, 0.15) is 17.5 Å². The van der Waals surface area contributed by atoms with Crippen molar-refractivity contribution in [3.05, 3.63) is 33.4 Å². The number of anilines is 1. The molecule has 6 nitrogen and oxygen atoms in total. The molecule has 2 rings (SSSR count). The third kappa shape index (κ3) is 2.06. The third-order valence-corrected chi connectivity index (χ3v) is 3.00. The Morgan fingerprint density at radius 2 is 2.11 bits per heavy atom. The lowest BCUT2D eigenvalue weighted by Gasteiger charge is -2.18. The zero-order valence-electron chi connectivity index (χ0n) is 10.2. The minimum atomic E-state index is -0.752. The van der Waals surface area contributed by atoms with Gasteiger partial charge in [0.25, 0.3) is 5.69 Å². The number of rotatable bonds is 2. The molecule has 6 heteroatoms. The van der Waals surface area contributed by atoms with Crippen LogP contribution in [-0.4, -0.2) is 28.6 Å². The molecule has 0 bridgehead atoms. The summed E-state index contributed by atoms with van der Waals surface area (Å²) in [6.45, 7) is 3.61. The smallest absolute Gasteiger partial charge is 0.293 e. The Hall–Kier alpha value is -1.95. The molecule has 1 aliphatic heterocycles. The minimum Gasteiger partial charge on any atom is -0.391 e. The largest absolute Gasteiger partial charge is 0.391 e. The van der Waals surface area contributed by atoms with Gasteiger partial charge in [-0.3, -0.25) is 14.9 Å². The third-order valence-electron chi connectivity index (χ3n) is 3.00. The molecular weight excluding hydrogens is 236 g/mol. The van der Waals surface area contributed by atoms with Crippen molar-refractivity contribution in [2.75, 3.05) is 11.4 Å². The van der Waals surface area contributed by atoms with E-state index in [0.717, 1.165) is 5.56 Å². The summed E-state index contributed by atoms with van der Waals surface area (Å²) in [5.41, 5.74) is 1.65. The van der Waals surface area contributed by atoms with E-state index in [1.54, 1.807) is 19.9 Å². The number of amides is 1. The summed E-state index contributed by atoms with van der Waals surface area (Å²) in [6, 6.07) is 3.24. The standard InChI is InChI=1S/C12H14N2O4/c1-7-3-8(2)12(10(4-7)14(17)18)13-6-9(15)5-11(13)16/h3-4,9,15H,5-6H2,1-2H3. The first-order chi connectivity index (χ1) is 8.40. The van der Waals surface area contributed by atoms with Gasteiger partial charge in [-0.2, -0.15) is 0 Å². The molecule has 0 aromatic heterocycles. The molecule has 1 heterocycles. The van der Waals surface area contributed by atoms with Crippen LogP contribution < -0.4 is 4.90 Å². The molecule has 1 aromatic carbocycles. The molecule has 0 saturated carbocycles. The lowest BCUT2D eigenvalue weighted by atomic mass is 10.1. The van der Waals surface area contributed by atoms with E-state index < -0.39 is 11.0 Å². The lowest BCUT2D eigenvalue weighted by Crippen LogP contribution is -2.27. The monoisotopic (exact) mass is 250 g/mol. The zero-order chi connectivity index (χ0) is 13.4. The van der Waals surface area contributed by atoms with Crippen LogP contribution >= 0.6 is 0 Å². The fourth-order valence-corrected chi connectivity index (χ4v) is 2.33. The van der Waals surface area contributed by atoms with E-state index >= 15 is 0 Å². The fraction of sp³-hybridized carbons (Fsp3) is 0.417. The Morgan fingerprint density at radius 1 is 1.44 bits per heavy atom. The van der Waals surface area contributed by atoms with Crippen molar-refractivity contribution >= 4 is 17.3 Å². The summed E-state index contributed by atoms with van der Waals surface area (Å²) >= 11 is 0. The second-order valence-electron chi connectivity index (χ2n) is 4.57. The van der Waals surface area contributed by atoms with Crippen molar-refractivity contribution in [2.24, 2.45) is 0 Å². The number of carbonyl (C=O) groups excluding carboxylic acids is 1. The Kier molecular flexibility index (Phi) is 3.04. The molecular formula is C12H14N2O4. The van der Waals surface area contributed by atoms with Gasteiger partial charge in [-0.25, -0.2) is 0 Å². The van der Waals surface area contributed by atoms with E-state index in [4.69, 9.17) is 0 Å². The van der Waals surface area contributed by atoms with Crippen molar-refractivity contribution in [3.63, 3.8) is 0 Å². The number of aliphatic hydroxyl groups is 1. The SMILES string of the molecule is Cc1cc(C)c(N2CC(O)CC2=O)c([N+](=O)[O-])c1. The lowest BCUT2D eigenvalue weighted by molar-refractivity contribution is -0.384. The molecule has 1 aliphatic rings. The van der Waals surface area contributed by atoms with Gasteiger partial charge in [-0.1, -0.05) is 6.07 Å². The molecule has 1 atom stereocenters. The van der Waals surface area contributed by atoms with E-state index in [9.17, 15) is 20.0 Å². The maximum Gasteiger partial charge on any atom is 0.293 e. The molecule has 1 unspecified atom stereocenters. The summed E-state index contributed by atoms with van der Waals surface area (Å²) in [7, 11) is 0. The van der Waals surface area contributed by atoms with E-state index in [1.165, 1.54) is 11.0 Å². The first kappa shape index (κ1) is 12.5. The number of benzene rings is 1. The van der Waals surface area contributed by atoms with E-state index in [0.29, 0.717) is 11.3 Å². The van der Waals surface area contributed by atoms with E-state index in [2.05, 4.69) is 0 Å². The Morgan fingerprint density at radius 3 is 2.61 bits per heavy atom. The van der Waals surface area contributed by atoms with Gasteiger partial charge in [0, 0.05) is 6.07 Å². The average Bonchev–Trinajstić information content (AvgIpc) is 2.56. The summed E-state index contributed by atoms with van der Waals surface area (Å²) in [5.74, 6) is -0.280. The predicted octanol–water partition coefficient (Wildman–Crippen LogP) is 1.31. The maximum absolute atomic E-state index is 11.7. The van der Waals surface area contributed by atoms with Crippen LogP contribution in [0.4, 0.5) is 11.4 Å². The fourth-order valence-electron chi connectivity index (χ4n) is 2.33. The molecule has 0 aliphatic carbocycles. The molecule has 18 heavy (non-hydrogen) atoms. The van der Waals surface area contributed by atoms with Gasteiger partial charge in [0.1, 0.15) is 5.69 Å². The van der Waals surface area contributed by atoms with Crippen molar-refractivity contribution in [1.82, 2.24) is 0 Å². The topological polar surface area (TPSA) is 83.7 Å². The van der Waals surface area contributed by atoms with Gasteiger partial charge >= 0.3 is 0 Å². The van der Waals surface area contributed by atoms with Crippen molar-refractivity contribution in [3.8, 4) is 0 Å². The van der Waals surface area contributed by atoms with Gasteiger partial charge in [0.2, 0.25) is 5.91 Å². The first-order valence-corrected chi connectivity index (χ1v) is 5.64. The number of β-amino-alcohol motifs (C(OH)–C–C–N with tert-alkyl or cyclic N) is 1. The molecule has 1 saturated heterocycles. The second-order valence-corrected chi connectivity index (χ2v) is 4.57. The Bertz CT molecular complexity index is 527. The van der Waals surface area contributed by atoms with Crippen LogP contribution in [0, 0.1) is 24.0 Å². The molecule has 1 amide bonds. The number of carbonyl (C=O) groups is 1. The minimum absolute atomic E-state index is 0.0183. The maximum atomic E-state index is 11.7. The number of hydrogen-bond acceptors (Lipinski definition) is 4. The molecule has 96 valence electrons. The molecule has 1 aromatic rings. The van der Waals surface area contributed by atoms with Gasteiger partial charge in [0.05, 0.1) is 24.0 Å². The van der Waals surface area contributed by atoms with Gasteiger partial charge in [0.15, 0.2) is 0 Å². The summed E-state index contributed by atoms with van der Waals surface area (Å²) in [4.78, 5) is 23.6. The highest BCUT2D eigenvalue weighted by atomic mass is 16.6. The van der Waals surface area contributed by atoms with Gasteiger partial charge < -0.3 is 10.0 Å². The van der Waals surface area contributed by atoms with Crippen molar-refractivity contribution in [1.29, 1.82) is 0 Å². The van der Waals surface area contributed by atoms with Gasteiger partial charge in [-0.15, -0.1) is 0 Å². The van der Waals surface area contributed by atoms with Crippen LogP contribution in [0.15, 0.2) is 12.1 Å². The number of nitro groups is 1. The number of aryl methyl sites for hydroxylation is 2. The van der Waals surface area contributed by atoms with Crippen LogP contribution in [0.2, 0.25) is 0 Å². The number of nitrogens with zero attached hydrogens (tertiary/aromatic N) is 2. The zero-order valence-corrected chi connectivity index (χ0v) is 10.2. The highest BCUT2D eigenvalue weighted by Crippen LogP contribution is 2.35. The molecule has 1 fully saturated rings. The van der Waals surface area contributed by atoms with Crippen LogP contribution in [0.25, 0.3) is 0 Å². The second kappa shape index (κ2) is 4.38. The Labute approximate surface area is 104 Å². The van der Waals surface area contributed by atoms with Crippen LogP contribution in [-0.2, 0) is 4.79 Å².